The van der Waals surface area contributed by atoms with Crippen molar-refractivity contribution in [1.82, 2.24) is 10.9 Å². The molecule has 40 heavy (non-hydrogen) atoms. The van der Waals surface area contributed by atoms with Crippen LogP contribution in [-0.2, 0) is 0 Å². The molecule has 0 spiro atoms. The molecule has 2 amide bonds. The van der Waals surface area contributed by atoms with Crippen LogP contribution in [-0.4, -0.2) is 33.1 Å². The van der Waals surface area contributed by atoms with Crippen LogP contribution in [0, 0.1) is 20.2 Å². The van der Waals surface area contributed by atoms with Crippen LogP contribution in [0.3, 0.4) is 0 Å². The zero-order valence-corrected chi connectivity index (χ0v) is 20.6. The quantitative estimate of drug-likeness (QED) is 0.182. The Morgan fingerprint density at radius 2 is 0.825 bits per heavy atom. The van der Waals surface area contributed by atoms with Crippen molar-refractivity contribution < 1.29 is 19.4 Å². The van der Waals surface area contributed by atoms with E-state index in [2.05, 4.69) is 21.1 Å². The van der Waals surface area contributed by atoms with Crippen LogP contribution < -0.4 is 10.9 Å². The Balaban J connectivity index is 1.69. The fourth-order valence-corrected chi connectivity index (χ4v) is 3.51. The van der Waals surface area contributed by atoms with Gasteiger partial charge in [0.05, 0.1) is 9.85 Å². The van der Waals surface area contributed by atoms with E-state index in [0.717, 1.165) is 0 Å². The Bertz CT molecular complexity index is 1480. The molecule has 12 nitrogen and oxygen atoms in total. The first-order chi connectivity index (χ1) is 19.3. The van der Waals surface area contributed by atoms with Crippen LogP contribution >= 0.6 is 0 Å². The summed E-state index contributed by atoms with van der Waals surface area (Å²) in [7, 11) is 0. The van der Waals surface area contributed by atoms with Crippen LogP contribution in [0.4, 0.5) is 11.4 Å². The maximum absolute atomic E-state index is 12.8. The molecular formula is C28H20N6O6. The van der Waals surface area contributed by atoms with E-state index < -0.39 is 21.7 Å². The largest absolute Gasteiger partial charge is 0.271 e. The van der Waals surface area contributed by atoms with Gasteiger partial charge in [-0.05, 0) is 24.3 Å². The number of amides is 2. The van der Waals surface area contributed by atoms with Gasteiger partial charge in [-0.3, -0.25) is 29.8 Å². The van der Waals surface area contributed by atoms with Crippen LogP contribution in [0.15, 0.2) is 119 Å². The SMILES string of the molecule is O=C(N/N=C(\C(=N\NC(=O)c1ccc([N+](=O)[O-])cc1)c1ccccc1)c1ccccc1)c1ccc([N+](=O)[O-])cc1. The highest BCUT2D eigenvalue weighted by Gasteiger charge is 2.18. The summed E-state index contributed by atoms with van der Waals surface area (Å²) in [4.78, 5) is 46.3. The summed E-state index contributed by atoms with van der Waals surface area (Å²) in [6.45, 7) is 0. The minimum atomic E-state index is -0.620. The predicted octanol–water partition coefficient (Wildman–Crippen LogP) is 4.47. The minimum Gasteiger partial charge on any atom is -0.267 e. The normalized spacial score (nSPS) is 11.4. The average Bonchev–Trinajstić information content (AvgIpc) is 2.99. The Morgan fingerprint density at radius 3 is 1.12 bits per heavy atom. The fourth-order valence-electron chi connectivity index (χ4n) is 3.51. The molecule has 0 aliphatic heterocycles. The van der Waals surface area contributed by atoms with Gasteiger partial charge in [0.2, 0.25) is 0 Å². The Hall–Kier alpha value is -6.04. The zero-order chi connectivity index (χ0) is 28.5. The molecule has 0 aromatic heterocycles. The van der Waals surface area contributed by atoms with Gasteiger partial charge in [0.25, 0.3) is 23.2 Å². The standard InChI is InChI=1S/C28H20N6O6/c35-27(21-11-15-23(16-12-21)33(37)38)31-29-25(19-7-3-1-4-8-19)26(20-9-5-2-6-10-20)30-32-28(36)22-13-17-24(18-14-22)34(39)40/h1-18H,(H,31,35)(H,32,36)/b29-25-,30-26+. The van der Waals surface area contributed by atoms with Crippen molar-refractivity contribution in [2.45, 2.75) is 0 Å². The van der Waals surface area contributed by atoms with Crippen molar-refractivity contribution in [2.24, 2.45) is 10.2 Å². The molecule has 198 valence electrons. The number of hydrogen-bond acceptors (Lipinski definition) is 8. The van der Waals surface area contributed by atoms with E-state index in [0.29, 0.717) is 11.1 Å². The molecule has 2 N–H and O–H groups in total. The second-order valence-corrected chi connectivity index (χ2v) is 8.14. The van der Waals surface area contributed by atoms with Gasteiger partial charge in [0.15, 0.2) is 0 Å². The van der Waals surface area contributed by atoms with E-state index in [-0.39, 0.29) is 33.9 Å². The van der Waals surface area contributed by atoms with E-state index in [4.69, 9.17) is 0 Å². The molecule has 0 bridgehead atoms. The summed E-state index contributed by atoms with van der Waals surface area (Å²) in [5.74, 6) is -1.24. The van der Waals surface area contributed by atoms with Gasteiger partial charge >= 0.3 is 0 Å². The molecule has 0 saturated carbocycles. The Kier molecular flexibility index (Phi) is 8.42. The van der Waals surface area contributed by atoms with Gasteiger partial charge < -0.3 is 0 Å². The predicted molar refractivity (Wildman–Crippen MR) is 147 cm³/mol. The lowest BCUT2D eigenvalue weighted by Crippen LogP contribution is -2.28. The summed E-state index contributed by atoms with van der Waals surface area (Å²) in [6, 6.07) is 27.7. The van der Waals surface area contributed by atoms with Crippen LogP contribution in [0.5, 0.6) is 0 Å². The number of nitrogens with zero attached hydrogens (tertiary/aromatic N) is 4. The van der Waals surface area contributed by atoms with Crippen LogP contribution in [0.25, 0.3) is 0 Å². The first-order valence-corrected chi connectivity index (χ1v) is 11.7. The lowest BCUT2D eigenvalue weighted by atomic mass is 10.00. The molecule has 0 atom stereocenters. The van der Waals surface area contributed by atoms with E-state index in [1.807, 2.05) is 0 Å². The second-order valence-electron chi connectivity index (χ2n) is 8.14. The van der Waals surface area contributed by atoms with Gasteiger partial charge in [0, 0.05) is 46.5 Å². The smallest absolute Gasteiger partial charge is 0.267 e. The maximum atomic E-state index is 12.8. The summed E-state index contributed by atoms with van der Waals surface area (Å²) < 4.78 is 0. The summed E-state index contributed by atoms with van der Waals surface area (Å²) in [6.07, 6.45) is 0. The highest BCUT2D eigenvalue weighted by atomic mass is 16.6. The van der Waals surface area contributed by atoms with Crippen molar-refractivity contribution in [3.63, 3.8) is 0 Å². The third-order valence-electron chi connectivity index (χ3n) is 5.54. The van der Waals surface area contributed by atoms with Gasteiger partial charge in [0.1, 0.15) is 11.4 Å². The molecule has 0 fully saturated rings. The number of hydrazone groups is 2. The molecule has 4 aromatic rings. The second kappa shape index (κ2) is 12.5. The van der Waals surface area contributed by atoms with Gasteiger partial charge in [-0.2, -0.15) is 10.2 Å². The molecule has 12 heteroatoms. The van der Waals surface area contributed by atoms with E-state index in [9.17, 15) is 29.8 Å². The highest BCUT2D eigenvalue weighted by molar-refractivity contribution is 6.53. The lowest BCUT2D eigenvalue weighted by molar-refractivity contribution is -0.385. The zero-order valence-electron chi connectivity index (χ0n) is 20.6. The average molecular weight is 537 g/mol. The topological polar surface area (TPSA) is 169 Å². The number of nitro groups is 2. The Labute approximate surface area is 227 Å². The number of nitrogens with one attached hydrogen (secondary N) is 2. The molecule has 0 aliphatic carbocycles. The number of benzene rings is 4. The molecule has 0 heterocycles. The minimum absolute atomic E-state index is 0.145. The number of hydrogen-bond donors (Lipinski definition) is 2. The summed E-state index contributed by atoms with van der Waals surface area (Å²) in [5.41, 5.74) is 6.44. The molecule has 4 aromatic carbocycles. The van der Waals surface area contributed by atoms with E-state index >= 15 is 0 Å². The Morgan fingerprint density at radius 1 is 0.500 bits per heavy atom. The summed E-state index contributed by atoms with van der Waals surface area (Å²) in [5, 5.41) is 30.5. The first kappa shape index (κ1) is 27.0. The van der Waals surface area contributed by atoms with Crippen molar-refractivity contribution in [3.05, 3.63) is 152 Å². The number of carbonyl (C=O) groups is 2. The molecular weight excluding hydrogens is 516 g/mol. The number of nitro benzene ring substituents is 2. The fraction of sp³-hybridized carbons (Fsp3) is 0. The molecule has 0 radical (unpaired) electrons. The molecule has 0 aliphatic rings. The van der Waals surface area contributed by atoms with E-state index in [1.165, 1.54) is 48.5 Å². The number of non-ortho nitro benzene ring substituents is 2. The van der Waals surface area contributed by atoms with Gasteiger partial charge in [-0.25, -0.2) is 10.9 Å². The summed E-state index contributed by atoms with van der Waals surface area (Å²) >= 11 is 0. The monoisotopic (exact) mass is 536 g/mol. The van der Waals surface area contributed by atoms with Crippen LogP contribution in [0.1, 0.15) is 31.8 Å². The molecule has 0 saturated heterocycles. The number of carbonyl (C=O) groups excluding carboxylic acids is 2. The number of rotatable bonds is 9. The van der Waals surface area contributed by atoms with Crippen molar-refractivity contribution in [2.75, 3.05) is 0 Å². The third-order valence-corrected chi connectivity index (χ3v) is 5.54. The lowest BCUT2D eigenvalue weighted by Gasteiger charge is -2.12. The van der Waals surface area contributed by atoms with Crippen molar-refractivity contribution >= 4 is 34.6 Å². The van der Waals surface area contributed by atoms with E-state index in [1.54, 1.807) is 60.7 Å². The molecule has 4 rings (SSSR count). The van der Waals surface area contributed by atoms with Crippen LogP contribution in [0.2, 0.25) is 0 Å². The first-order valence-electron chi connectivity index (χ1n) is 11.7. The van der Waals surface area contributed by atoms with Crippen molar-refractivity contribution in [3.8, 4) is 0 Å². The molecule has 0 unspecified atom stereocenters. The van der Waals surface area contributed by atoms with Crippen molar-refractivity contribution in [1.29, 1.82) is 0 Å². The van der Waals surface area contributed by atoms with Gasteiger partial charge in [-0.15, -0.1) is 0 Å². The van der Waals surface area contributed by atoms with Gasteiger partial charge in [-0.1, -0.05) is 60.7 Å². The third kappa shape index (κ3) is 6.63. The highest BCUT2D eigenvalue weighted by Crippen LogP contribution is 2.14. The maximum Gasteiger partial charge on any atom is 0.271 e.